The van der Waals surface area contributed by atoms with Crippen molar-refractivity contribution in [3.8, 4) is 0 Å². The van der Waals surface area contributed by atoms with E-state index in [9.17, 15) is 18.4 Å². The van der Waals surface area contributed by atoms with E-state index in [1.165, 1.54) is 28.4 Å². The number of hydrogen-bond donors (Lipinski definition) is 1. The fourth-order valence-electron chi connectivity index (χ4n) is 2.54. The van der Waals surface area contributed by atoms with Crippen molar-refractivity contribution in [3.05, 3.63) is 81.7 Å². The van der Waals surface area contributed by atoms with Gasteiger partial charge < -0.3 is 9.88 Å². The fourth-order valence-corrected chi connectivity index (χ4v) is 2.54. The number of imidazole rings is 1. The summed E-state index contributed by atoms with van der Waals surface area (Å²) < 4.78 is 28.8. The van der Waals surface area contributed by atoms with Gasteiger partial charge in [0, 0.05) is 26.5 Å². The molecule has 0 aliphatic rings. The molecule has 8 heteroatoms. The zero-order valence-electron chi connectivity index (χ0n) is 14.2. The number of amides is 1. The quantitative estimate of drug-likeness (QED) is 0.778. The first-order valence-corrected chi connectivity index (χ1v) is 7.77. The van der Waals surface area contributed by atoms with Crippen LogP contribution in [0, 0.1) is 11.6 Å². The molecule has 0 aliphatic carbocycles. The fraction of sp³-hybridized carbons (Fsp3) is 0.167. The smallest absolute Gasteiger partial charge is 0.305 e. The van der Waals surface area contributed by atoms with Crippen molar-refractivity contribution in [2.45, 2.75) is 6.42 Å². The van der Waals surface area contributed by atoms with Gasteiger partial charge in [0.05, 0.1) is 0 Å². The van der Waals surface area contributed by atoms with E-state index in [0.29, 0.717) is 17.8 Å². The van der Waals surface area contributed by atoms with Gasteiger partial charge in [-0.3, -0.25) is 9.36 Å². The van der Waals surface area contributed by atoms with E-state index in [4.69, 9.17) is 0 Å². The predicted molar refractivity (Wildman–Crippen MR) is 92.0 cm³/mol. The molecule has 26 heavy (non-hydrogen) atoms. The van der Waals surface area contributed by atoms with Gasteiger partial charge in [0.1, 0.15) is 11.5 Å². The number of benzene rings is 1. The van der Waals surface area contributed by atoms with E-state index in [1.807, 2.05) is 0 Å². The van der Waals surface area contributed by atoms with Crippen LogP contribution in [0.4, 0.5) is 14.6 Å². The Bertz CT molecular complexity index is 1020. The third-order valence-corrected chi connectivity index (χ3v) is 3.96. The molecule has 134 valence electrons. The van der Waals surface area contributed by atoms with E-state index >= 15 is 0 Å². The van der Waals surface area contributed by atoms with Gasteiger partial charge in [0.2, 0.25) is 0 Å². The standard InChI is InChI=1S/C18H16F2N4O2/c1-23-10-15(24(2)18(23)26)17(25)22-16-6-4-12(9-21-16)7-11-3-5-13(19)14(20)8-11/h3-6,8-10H,7H2,1-2H3,(H,21,22,25). The number of hydrogen-bond acceptors (Lipinski definition) is 3. The first-order chi connectivity index (χ1) is 12.3. The number of nitrogens with zero attached hydrogens (tertiary/aromatic N) is 3. The van der Waals surface area contributed by atoms with Crippen LogP contribution in [0.15, 0.2) is 47.5 Å². The van der Waals surface area contributed by atoms with Crippen LogP contribution in [-0.2, 0) is 20.5 Å². The maximum atomic E-state index is 13.2. The zero-order valence-corrected chi connectivity index (χ0v) is 14.2. The molecule has 0 spiro atoms. The lowest BCUT2D eigenvalue weighted by Crippen LogP contribution is -2.23. The number of rotatable bonds is 4. The first kappa shape index (κ1) is 17.5. The highest BCUT2D eigenvalue weighted by Crippen LogP contribution is 2.14. The maximum absolute atomic E-state index is 13.2. The minimum Gasteiger partial charge on any atom is -0.305 e. The SMILES string of the molecule is Cn1cc(C(=O)Nc2ccc(Cc3ccc(F)c(F)c3)cn2)n(C)c1=O. The van der Waals surface area contributed by atoms with Crippen LogP contribution in [0.2, 0.25) is 0 Å². The van der Waals surface area contributed by atoms with Crippen molar-refractivity contribution in [2.75, 3.05) is 5.32 Å². The summed E-state index contributed by atoms with van der Waals surface area (Å²) in [6.07, 6.45) is 3.36. The van der Waals surface area contributed by atoms with Gasteiger partial charge >= 0.3 is 5.69 Å². The molecule has 1 N–H and O–H groups in total. The molecule has 0 fully saturated rings. The van der Waals surface area contributed by atoms with Gasteiger partial charge in [0.25, 0.3) is 5.91 Å². The molecular weight excluding hydrogens is 342 g/mol. The summed E-state index contributed by atoms with van der Waals surface area (Å²) in [4.78, 5) is 28.1. The number of carbonyl (C=O) groups is 1. The van der Waals surface area contributed by atoms with Gasteiger partial charge in [0.15, 0.2) is 11.6 Å². The Balaban J connectivity index is 1.71. The van der Waals surface area contributed by atoms with Crippen LogP contribution in [0.1, 0.15) is 21.6 Å². The van der Waals surface area contributed by atoms with Crippen LogP contribution < -0.4 is 11.0 Å². The molecule has 3 rings (SSSR count). The lowest BCUT2D eigenvalue weighted by molar-refractivity contribution is 0.101. The van der Waals surface area contributed by atoms with Gasteiger partial charge in [-0.05, 0) is 35.7 Å². The number of pyridine rings is 1. The first-order valence-electron chi connectivity index (χ1n) is 7.77. The van der Waals surface area contributed by atoms with Gasteiger partial charge in [-0.2, -0.15) is 0 Å². The van der Waals surface area contributed by atoms with Crippen molar-refractivity contribution in [1.82, 2.24) is 14.1 Å². The molecule has 0 saturated heterocycles. The molecule has 6 nitrogen and oxygen atoms in total. The van der Waals surface area contributed by atoms with E-state index in [0.717, 1.165) is 17.7 Å². The van der Waals surface area contributed by atoms with Crippen LogP contribution in [0.25, 0.3) is 0 Å². The summed E-state index contributed by atoms with van der Waals surface area (Å²) in [5.41, 5.74) is 1.30. The van der Waals surface area contributed by atoms with Crippen LogP contribution >= 0.6 is 0 Å². The molecule has 0 aliphatic heterocycles. The molecular formula is C18H16F2N4O2. The zero-order chi connectivity index (χ0) is 18.8. The van der Waals surface area contributed by atoms with Crippen molar-refractivity contribution < 1.29 is 13.6 Å². The number of carbonyl (C=O) groups excluding carboxylic acids is 1. The molecule has 0 atom stereocenters. The van der Waals surface area contributed by atoms with Crippen LogP contribution in [0.3, 0.4) is 0 Å². The Labute approximate surface area is 147 Å². The summed E-state index contributed by atoms with van der Waals surface area (Å²) in [6, 6.07) is 7.06. The van der Waals surface area contributed by atoms with E-state index < -0.39 is 17.5 Å². The van der Waals surface area contributed by atoms with Crippen molar-refractivity contribution in [3.63, 3.8) is 0 Å². The van der Waals surface area contributed by atoms with Crippen LogP contribution in [-0.4, -0.2) is 20.0 Å². The highest BCUT2D eigenvalue weighted by Gasteiger charge is 2.14. The molecule has 3 aromatic rings. The summed E-state index contributed by atoms with van der Waals surface area (Å²) in [5, 5.41) is 2.61. The summed E-state index contributed by atoms with van der Waals surface area (Å²) >= 11 is 0. The predicted octanol–water partition coefficient (Wildman–Crippen LogP) is 2.24. The minimum absolute atomic E-state index is 0.213. The largest absolute Gasteiger partial charge is 0.328 e. The van der Waals surface area contributed by atoms with Crippen molar-refractivity contribution in [2.24, 2.45) is 14.1 Å². The molecule has 2 aromatic heterocycles. The Morgan fingerprint density at radius 2 is 1.85 bits per heavy atom. The van der Waals surface area contributed by atoms with Gasteiger partial charge in [-0.15, -0.1) is 0 Å². The molecule has 2 heterocycles. The van der Waals surface area contributed by atoms with Crippen LogP contribution in [0.5, 0.6) is 0 Å². The number of halogens is 2. The second-order valence-corrected chi connectivity index (χ2v) is 5.90. The van der Waals surface area contributed by atoms with Crippen molar-refractivity contribution in [1.29, 1.82) is 0 Å². The Morgan fingerprint density at radius 3 is 2.42 bits per heavy atom. The second kappa shape index (κ2) is 6.91. The number of aromatic nitrogens is 3. The Morgan fingerprint density at radius 1 is 1.12 bits per heavy atom. The molecule has 0 bridgehead atoms. The summed E-state index contributed by atoms with van der Waals surface area (Å²) in [6.45, 7) is 0. The van der Waals surface area contributed by atoms with Crippen molar-refractivity contribution >= 4 is 11.7 Å². The minimum atomic E-state index is -0.896. The second-order valence-electron chi connectivity index (χ2n) is 5.90. The topological polar surface area (TPSA) is 68.9 Å². The molecule has 1 amide bonds. The average molecular weight is 358 g/mol. The maximum Gasteiger partial charge on any atom is 0.328 e. The van der Waals surface area contributed by atoms with Gasteiger partial charge in [-0.1, -0.05) is 12.1 Å². The van der Waals surface area contributed by atoms with E-state index in [-0.39, 0.29) is 11.4 Å². The third-order valence-electron chi connectivity index (χ3n) is 3.96. The highest BCUT2D eigenvalue weighted by atomic mass is 19.2. The lowest BCUT2D eigenvalue weighted by Gasteiger charge is -2.06. The van der Waals surface area contributed by atoms with E-state index in [1.54, 1.807) is 25.4 Å². The summed E-state index contributed by atoms with van der Waals surface area (Å²) in [7, 11) is 3.07. The monoisotopic (exact) mass is 358 g/mol. The number of nitrogens with one attached hydrogen (secondary N) is 1. The molecule has 0 radical (unpaired) electrons. The van der Waals surface area contributed by atoms with E-state index in [2.05, 4.69) is 10.3 Å². The normalized spacial score (nSPS) is 10.8. The number of anilines is 1. The Hall–Kier alpha value is -3.29. The average Bonchev–Trinajstić information content (AvgIpc) is 2.87. The lowest BCUT2D eigenvalue weighted by atomic mass is 10.1. The summed E-state index contributed by atoms with van der Waals surface area (Å²) in [5.74, 6) is -1.92. The van der Waals surface area contributed by atoms with Gasteiger partial charge in [-0.25, -0.2) is 18.6 Å². The molecule has 1 aromatic carbocycles. The highest BCUT2D eigenvalue weighted by molar-refractivity contribution is 6.02. The number of aryl methyl sites for hydroxylation is 1. The molecule has 0 saturated carbocycles. The Kier molecular flexibility index (Phi) is 4.66. The third kappa shape index (κ3) is 3.53. The molecule has 0 unspecified atom stereocenters.